The molecule has 2 saturated heterocycles. The summed E-state index contributed by atoms with van der Waals surface area (Å²) < 4.78 is 29.5. The molecule has 0 aliphatic carbocycles. The molecular formula is C24H24Cl2N6O3S. The van der Waals surface area contributed by atoms with Gasteiger partial charge in [-0.2, -0.15) is 0 Å². The van der Waals surface area contributed by atoms with Crippen molar-refractivity contribution in [1.29, 1.82) is 5.41 Å². The van der Waals surface area contributed by atoms with Crippen LogP contribution in [-0.4, -0.2) is 48.7 Å². The Morgan fingerprint density at radius 3 is 2.47 bits per heavy atom. The first-order chi connectivity index (χ1) is 17.1. The van der Waals surface area contributed by atoms with Crippen LogP contribution in [0.2, 0.25) is 10.0 Å². The maximum atomic E-state index is 11.9. The monoisotopic (exact) mass is 546 g/mol. The van der Waals surface area contributed by atoms with Crippen molar-refractivity contribution in [3.8, 4) is 5.75 Å². The molecule has 9 nitrogen and oxygen atoms in total. The van der Waals surface area contributed by atoms with Crippen molar-refractivity contribution in [2.45, 2.75) is 12.6 Å². The molecule has 1 aromatic carbocycles. The van der Waals surface area contributed by atoms with Gasteiger partial charge in [-0.25, -0.2) is 13.4 Å². The third-order valence-corrected chi connectivity index (χ3v) is 9.10. The summed E-state index contributed by atoms with van der Waals surface area (Å²) in [5.41, 5.74) is 14.2. The largest absolute Gasteiger partial charge is 0.471 e. The van der Waals surface area contributed by atoms with E-state index in [2.05, 4.69) is 14.9 Å². The van der Waals surface area contributed by atoms with Crippen molar-refractivity contribution in [1.82, 2.24) is 9.97 Å². The predicted molar refractivity (Wildman–Crippen MR) is 141 cm³/mol. The highest BCUT2D eigenvalue weighted by Gasteiger charge is 2.50. The fourth-order valence-electron chi connectivity index (χ4n) is 4.76. The molecule has 2 aliphatic rings. The Balaban J connectivity index is 1.29. The van der Waals surface area contributed by atoms with Gasteiger partial charge in [0.25, 0.3) is 0 Å². The van der Waals surface area contributed by atoms with Crippen LogP contribution in [0.1, 0.15) is 29.3 Å². The lowest BCUT2D eigenvalue weighted by molar-refractivity contribution is 0.214. The molecule has 0 radical (unpaired) electrons. The number of hydrogen-bond acceptors (Lipinski definition) is 9. The Hall–Kier alpha value is -2.92. The van der Waals surface area contributed by atoms with E-state index in [-0.39, 0.29) is 32.7 Å². The summed E-state index contributed by atoms with van der Waals surface area (Å²) in [5.74, 6) is 1.66. The molecule has 3 aromatic rings. The fraction of sp³-hybridized carbons (Fsp3) is 0.292. The Morgan fingerprint density at radius 2 is 1.86 bits per heavy atom. The minimum atomic E-state index is -2.93. The van der Waals surface area contributed by atoms with Gasteiger partial charge in [0.1, 0.15) is 11.6 Å². The molecule has 2 aromatic heterocycles. The molecule has 1 spiro atoms. The van der Waals surface area contributed by atoms with Gasteiger partial charge < -0.3 is 15.4 Å². The van der Waals surface area contributed by atoms with E-state index >= 15 is 0 Å². The van der Waals surface area contributed by atoms with Crippen molar-refractivity contribution in [3.05, 3.63) is 75.7 Å². The van der Waals surface area contributed by atoms with Crippen LogP contribution in [-0.2, 0) is 9.84 Å². The summed E-state index contributed by atoms with van der Waals surface area (Å²) in [6, 6.07) is 8.56. The maximum absolute atomic E-state index is 11.9. The van der Waals surface area contributed by atoms with Crippen LogP contribution in [0.25, 0.3) is 0 Å². The number of sulfone groups is 1. The lowest BCUT2D eigenvalue weighted by Gasteiger charge is -2.48. The van der Waals surface area contributed by atoms with E-state index in [1.54, 1.807) is 30.5 Å². The van der Waals surface area contributed by atoms with Crippen LogP contribution in [0.15, 0.2) is 48.9 Å². The van der Waals surface area contributed by atoms with Gasteiger partial charge in [0.2, 0.25) is 0 Å². The zero-order valence-corrected chi connectivity index (χ0v) is 21.4. The molecule has 2 aliphatic heterocycles. The third-order valence-electron chi connectivity index (χ3n) is 6.61. The van der Waals surface area contributed by atoms with Crippen molar-refractivity contribution in [3.63, 3.8) is 0 Å². The lowest BCUT2D eigenvalue weighted by Crippen LogP contribution is -2.57. The zero-order chi connectivity index (χ0) is 25.7. The highest BCUT2D eigenvalue weighted by Crippen LogP contribution is 2.42. The first-order valence-corrected chi connectivity index (χ1v) is 13.7. The van der Waals surface area contributed by atoms with Crippen LogP contribution in [0.3, 0.4) is 0 Å². The van der Waals surface area contributed by atoms with Crippen LogP contribution in [0, 0.1) is 10.8 Å². The van der Waals surface area contributed by atoms with Gasteiger partial charge in [-0.1, -0.05) is 23.2 Å². The van der Waals surface area contributed by atoms with E-state index < -0.39 is 16.1 Å². The van der Waals surface area contributed by atoms with Crippen LogP contribution < -0.4 is 21.1 Å². The van der Waals surface area contributed by atoms with Crippen LogP contribution in [0.4, 0.5) is 11.5 Å². The van der Waals surface area contributed by atoms with Crippen molar-refractivity contribution in [2.24, 2.45) is 11.1 Å². The second-order valence-electron chi connectivity index (χ2n) is 9.28. The Bertz CT molecular complexity index is 1420. The van der Waals surface area contributed by atoms with Gasteiger partial charge in [-0.15, -0.1) is 0 Å². The fourth-order valence-corrected chi connectivity index (χ4v) is 7.49. The van der Waals surface area contributed by atoms with E-state index in [1.165, 1.54) is 12.4 Å². The molecule has 12 heteroatoms. The van der Waals surface area contributed by atoms with Crippen LogP contribution in [0.5, 0.6) is 5.75 Å². The summed E-state index contributed by atoms with van der Waals surface area (Å²) in [6.07, 6.45) is 4.23. The molecule has 0 saturated carbocycles. The van der Waals surface area contributed by atoms with Gasteiger partial charge in [0, 0.05) is 59.5 Å². The minimum absolute atomic E-state index is 0.146. The number of hydrogen-bond donors (Lipinski definition) is 3. The highest BCUT2D eigenvalue weighted by atomic mass is 35.5. The van der Waals surface area contributed by atoms with Gasteiger partial charge in [-0.3, -0.25) is 16.1 Å². The number of anilines is 2. The first-order valence-electron chi connectivity index (χ1n) is 11.2. The van der Waals surface area contributed by atoms with E-state index in [9.17, 15) is 8.42 Å². The second-order valence-corrected chi connectivity index (χ2v) is 12.3. The molecule has 0 unspecified atom stereocenters. The predicted octanol–water partition coefficient (Wildman–Crippen LogP) is 3.44. The third kappa shape index (κ3) is 4.73. The molecule has 5 rings (SSSR count). The number of pyridine rings is 2. The summed E-state index contributed by atoms with van der Waals surface area (Å²) in [7, 11) is -2.93. The average molecular weight is 547 g/mol. The van der Waals surface area contributed by atoms with E-state index in [4.69, 9.17) is 44.8 Å². The highest BCUT2D eigenvalue weighted by molar-refractivity contribution is 7.91. The standard InChI is InChI=1S/C24H24Cl2N6O3S/c25-17-9-30-10-18(26)21(17)23(29)35-15-2-3-19(27)16(7-15)22(28)14-1-4-20(31-8-14)32-11-24(12-32)5-6-36(33,34)13-24/h1-4,7-10,23,28H,5-6,11-13,27,29H2/t23-/m0/s1. The minimum Gasteiger partial charge on any atom is -0.471 e. The van der Waals surface area contributed by atoms with Gasteiger partial charge in [-0.05, 0) is 36.8 Å². The van der Waals surface area contributed by atoms with Gasteiger partial charge >= 0.3 is 0 Å². The maximum Gasteiger partial charge on any atom is 0.177 e. The second kappa shape index (κ2) is 9.19. The van der Waals surface area contributed by atoms with Gasteiger partial charge in [0.15, 0.2) is 16.1 Å². The zero-order valence-electron chi connectivity index (χ0n) is 19.1. The number of nitrogens with one attached hydrogen (secondary N) is 1. The number of nitrogen functional groups attached to an aromatic ring is 1. The quantitative estimate of drug-likeness (QED) is 0.242. The van der Waals surface area contributed by atoms with Crippen molar-refractivity contribution in [2.75, 3.05) is 35.2 Å². The van der Waals surface area contributed by atoms with Crippen molar-refractivity contribution >= 4 is 50.3 Å². The lowest BCUT2D eigenvalue weighted by atomic mass is 9.79. The van der Waals surface area contributed by atoms with Crippen molar-refractivity contribution < 1.29 is 13.2 Å². The van der Waals surface area contributed by atoms with E-state index in [0.29, 0.717) is 47.6 Å². The summed E-state index contributed by atoms with van der Waals surface area (Å²) >= 11 is 12.4. The molecule has 2 fully saturated rings. The molecule has 4 heterocycles. The average Bonchev–Trinajstić information content (AvgIpc) is 3.15. The Kier molecular flexibility index (Phi) is 6.32. The summed E-state index contributed by atoms with van der Waals surface area (Å²) in [5, 5.41) is 9.27. The normalized spacial score (nSPS) is 18.6. The summed E-state index contributed by atoms with van der Waals surface area (Å²) in [4.78, 5) is 10.5. The molecule has 188 valence electrons. The van der Waals surface area contributed by atoms with Crippen LogP contribution >= 0.6 is 23.2 Å². The molecule has 36 heavy (non-hydrogen) atoms. The number of rotatable bonds is 6. The molecule has 0 bridgehead atoms. The number of benzene rings is 1. The van der Waals surface area contributed by atoms with E-state index in [0.717, 1.165) is 5.82 Å². The van der Waals surface area contributed by atoms with Gasteiger partial charge in [0.05, 0.1) is 27.3 Å². The molecule has 0 amide bonds. The number of ether oxygens (including phenoxy) is 1. The SMILES string of the molecule is N=C(c1ccc(N2CC3(CCS(=O)(=O)C3)C2)nc1)c1cc(O[C@H](N)c2c(Cl)cncc2Cl)ccc1N. The Labute approximate surface area is 218 Å². The first kappa shape index (κ1) is 24.8. The topological polar surface area (TPSA) is 148 Å². The molecule has 5 N–H and O–H groups in total. The molecule has 1 atom stereocenters. The summed E-state index contributed by atoms with van der Waals surface area (Å²) in [6.45, 7) is 1.35. The molecular weight excluding hydrogens is 523 g/mol. The Morgan fingerprint density at radius 1 is 1.14 bits per heavy atom. The smallest absolute Gasteiger partial charge is 0.177 e. The number of nitrogens with two attached hydrogens (primary N) is 2. The number of nitrogens with zero attached hydrogens (tertiary/aromatic N) is 3. The number of halogens is 2. The number of aromatic nitrogens is 2. The van der Waals surface area contributed by atoms with E-state index in [1.807, 2.05) is 6.07 Å².